The Labute approximate surface area is 559 Å². The molecule has 9 aromatic rings. The highest BCUT2D eigenvalue weighted by Gasteiger charge is 2.54. The number of nitrogens with two attached hydrogens (primary N) is 3. The fourth-order valence-corrected chi connectivity index (χ4v) is 11.6. The molecule has 33 heteroatoms. The number of methoxy groups -OCH3 is 3. The molecule has 99 heavy (non-hydrogen) atoms. The zero-order chi connectivity index (χ0) is 71.3. The van der Waals surface area contributed by atoms with Crippen LogP contribution in [-0.4, -0.2) is 174 Å². The van der Waals surface area contributed by atoms with E-state index in [-0.39, 0.29) is 88.0 Å². The van der Waals surface area contributed by atoms with E-state index < -0.39 is 89.7 Å². The number of carbonyl (C=O) groups is 6. The minimum Gasteiger partial charge on any atom is -0.464 e. The van der Waals surface area contributed by atoms with Crippen molar-refractivity contribution in [3.63, 3.8) is 0 Å². The number of hydrogen-bond donors (Lipinski definition) is 3. The van der Waals surface area contributed by atoms with Gasteiger partial charge in [0.2, 0.25) is 0 Å². The normalized spacial score (nSPS) is 17.9. The summed E-state index contributed by atoms with van der Waals surface area (Å²) in [5.74, 6) is -5.52. The SMILES string of the molecule is COC(=O)c1cc(C2(c3ccc(F)c(-c4cncnc4)c3)N=C(N)N(C)C2=O)cn1CCF.COC(=O)c1cc([C@@]2(c3ccc(F)c(-c4cncnc4)c3)N=C(N)N(C)C2=O)cn1CCF.COC(=O)c1cc([C@]2(c3ccc(F)c(-c4cncnc4)c3)N=C(N)N(C)C2=O)cn1CCF. The van der Waals surface area contributed by atoms with Gasteiger partial charge in [-0.15, -0.1) is 0 Å². The van der Waals surface area contributed by atoms with E-state index in [2.05, 4.69) is 44.9 Å². The predicted molar refractivity (Wildman–Crippen MR) is 343 cm³/mol. The fraction of sp³-hybridized carbons (Fsp3) is 0.227. The van der Waals surface area contributed by atoms with Gasteiger partial charge in [-0.05, 0) is 71.3 Å². The van der Waals surface area contributed by atoms with Gasteiger partial charge in [0.05, 0.1) is 41.0 Å². The molecular weight excluding hydrogens is 1300 g/mol. The summed E-state index contributed by atoms with van der Waals surface area (Å²) in [7, 11) is 7.96. The van der Waals surface area contributed by atoms with Crippen LogP contribution in [0.1, 0.15) is 64.8 Å². The van der Waals surface area contributed by atoms with Crippen molar-refractivity contribution in [3.05, 3.63) is 215 Å². The molecule has 3 aliphatic rings. The van der Waals surface area contributed by atoms with Gasteiger partial charge in [-0.1, -0.05) is 18.2 Å². The van der Waals surface area contributed by atoms with Crippen LogP contribution in [0.15, 0.2) is 163 Å². The second kappa shape index (κ2) is 28.5. The molecule has 3 aromatic carbocycles. The van der Waals surface area contributed by atoms with E-state index in [0.29, 0.717) is 33.4 Å². The van der Waals surface area contributed by atoms with Gasteiger partial charge in [-0.3, -0.25) is 29.1 Å². The molecule has 6 N–H and O–H groups in total. The molecule has 0 saturated heterocycles. The van der Waals surface area contributed by atoms with Gasteiger partial charge in [0.25, 0.3) is 17.7 Å². The molecule has 0 saturated carbocycles. The standard InChI is InChI=1S/3C22H20F2N6O3/c3*1-29-20(32)22(28-21(29)25,15-8-18(19(31)33-2)30(11-15)6-5-23)14-3-4-17(24)16(7-14)13-9-26-12-27-10-13/h3*3-4,7-12H,5-6H2,1-2H3,(H2,25,28)/t2*22-;/m10./s1. The summed E-state index contributed by atoms with van der Waals surface area (Å²) in [6.45, 7) is -2.67. The third-order valence-electron chi connectivity index (χ3n) is 16.6. The first-order valence-electron chi connectivity index (χ1n) is 29.6. The van der Waals surface area contributed by atoms with E-state index >= 15 is 0 Å². The summed E-state index contributed by atoms with van der Waals surface area (Å²) >= 11 is 0. The van der Waals surface area contributed by atoms with Crippen LogP contribution in [0.5, 0.6) is 0 Å². The summed E-state index contributed by atoms with van der Waals surface area (Å²) in [5, 5.41) is 0. The number of alkyl halides is 3. The summed E-state index contributed by atoms with van der Waals surface area (Å²) in [4.78, 5) is 118. The molecule has 9 heterocycles. The number of aromatic nitrogens is 9. The molecule has 3 atom stereocenters. The van der Waals surface area contributed by atoms with Crippen molar-refractivity contribution in [2.75, 3.05) is 62.5 Å². The largest absolute Gasteiger partial charge is 0.464 e. The second-order valence-electron chi connectivity index (χ2n) is 22.1. The lowest BCUT2D eigenvalue weighted by Crippen LogP contribution is -2.41. The first-order chi connectivity index (χ1) is 47.5. The van der Waals surface area contributed by atoms with Crippen LogP contribution in [-0.2, 0) is 64.8 Å². The molecule has 1 unspecified atom stereocenters. The van der Waals surface area contributed by atoms with Crippen LogP contribution < -0.4 is 17.2 Å². The van der Waals surface area contributed by atoms with E-state index in [9.17, 15) is 55.1 Å². The van der Waals surface area contributed by atoms with Crippen molar-refractivity contribution in [2.24, 2.45) is 32.2 Å². The molecule has 510 valence electrons. The Morgan fingerprint density at radius 2 is 0.646 bits per heavy atom. The molecule has 3 aliphatic heterocycles. The van der Waals surface area contributed by atoms with Crippen LogP contribution in [0.2, 0.25) is 0 Å². The minimum absolute atomic E-state index is 0.0412. The van der Waals surface area contributed by atoms with Gasteiger partial charge in [-0.25, -0.2) is 85.6 Å². The summed E-state index contributed by atoms with van der Waals surface area (Å²) in [6, 6.07) is 16.5. The Bertz CT molecular complexity index is 4250. The van der Waals surface area contributed by atoms with Crippen molar-refractivity contribution in [3.8, 4) is 33.4 Å². The zero-order valence-electron chi connectivity index (χ0n) is 53.5. The number of likely N-dealkylation sites (N-methyl/N-ethyl adjacent to an activating group) is 3. The summed E-state index contributed by atoms with van der Waals surface area (Å²) in [5.41, 5.74) is 16.3. The number of rotatable bonds is 18. The Hall–Kier alpha value is -12.5. The lowest BCUT2D eigenvalue weighted by Gasteiger charge is -2.25. The highest BCUT2D eigenvalue weighted by Crippen LogP contribution is 2.45. The number of halogens is 6. The summed E-state index contributed by atoms with van der Waals surface area (Å²) < 4.78 is 102. The number of esters is 3. The zero-order valence-corrected chi connectivity index (χ0v) is 53.5. The molecular formula is C66H60F6N18O9. The second-order valence-corrected chi connectivity index (χ2v) is 22.1. The van der Waals surface area contributed by atoms with Crippen molar-refractivity contribution < 1.29 is 69.3 Å². The van der Waals surface area contributed by atoms with Gasteiger partial charge >= 0.3 is 17.9 Å². The van der Waals surface area contributed by atoms with E-state index in [1.165, 1.54) is 218 Å². The number of nitrogens with zero attached hydrogens (tertiary/aromatic N) is 15. The van der Waals surface area contributed by atoms with Crippen LogP contribution in [0.3, 0.4) is 0 Å². The average Bonchev–Trinajstić information content (AvgIpc) is 1.62. The van der Waals surface area contributed by atoms with Crippen LogP contribution >= 0.6 is 0 Å². The van der Waals surface area contributed by atoms with E-state index in [1.807, 2.05) is 0 Å². The molecule has 0 spiro atoms. The Morgan fingerprint density at radius 3 is 0.848 bits per heavy atom. The molecule has 3 amide bonds. The monoisotopic (exact) mass is 1360 g/mol. The number of carbonyl (C=O) groups excluding carboxylic acids is 6. The van der Waals surface area contributed by atoms with Crippen LogP contribution in [0.25, 0.3) is 33.4 Å². The first-order valence-corrected chi connectivity index (χ1v) is 29.6. The van der Waals surface area contributed by atoms with Gasteiger partial charge in [-0.2, -0.15) is 0 Å². The highest BCUT2D eigenvalue weighted by atomic mass is 19.1. The van der Waals surface area contributed by atoms with Gasteiger partial charge in [0.1, 0.15) is 73.5 Å². The number of amides is 3. The van der Waals surface area contributed by atoms with Crippen LogP contribution in [0, 0.1) is 17.5 Å². The third kappa shape index (κ3) is 12.5. The Kier molecular flexibility index (Phi) is 20.0. The maximum Gasteiger partial charge on any atom is 0.354 e. The average molecular weight is 1360 g/mol. The van der Waals surface area contributed by atoms with Crippen molar-refractivity contribution >= 4 is 53.5 Å². The van der Waals surface area contributed by atoms with E-state index in [4.69, 9.17) is 31.4 Å². The van der Waals surface area contributed by atoms with Crippen molar-refractivity contribution in [1.29, 1.82) is 0 Å². The molecule has 0 radical (unpaired) electrons. The van der Waals surface area contributed by atoms with Crippen molar-refractivity contribution in [2.45, 2.75) is 36.3 Å². The fourth-order valence-electron chi connectivity index (χ4n) is 11.6. The maximum absolute atomic E-state index is 14.7. The van der Waals surface area contributed by atoms with E-state index in [0.717, 1.165) is 0 Å². The maximum atomic E-state index is 14.7. The number of guanidine groups is 3. The molecule has 12 rings (SSSR count). The highest BCUT2D eigenvalue weighted by molar-refractivity contribution is 6.11. The lowest BCUT2D eigenvalue weighted by atomic mass is 9.83. The Balaban J connectivity index is 0.000000161. The predicted octanol–water partition coefficient (Wildman–Crippen LogP) is 5.61. The molecule has 0 aliphatic carbocycles. The molecule has 0 fully saturated rings. The quantitative estimate of drug-likeness (QED) is 0.0533. The number of ether oxygens (including phenoxy) is 3. The molecule has 6 aromatic heterocycles. The Morgan fingerprint density at radius 1 is 0.404 bits per heavy atom. The number of hydrogen-bond acceptors (Lipinski definition) is 21. The topological polar surface area (TPSA) is 347 Å². The molecule has 0 bridgehead atoms. The minimum atomic E-state index is -1.72. The smallest absolute Gasteiger partial charge is 0.354 e. The number of aliphatic imine (C=N–C) groups is 3. The van der Waals surface area contributed by atoms with Crippen molar-refractivity contribution in [1.82, 2.24) is 58.3 Å². The number of benzene rings is 3. The van der Waals surface area contributed by atoms with Crippen LogP contribution in [0.4, 0.5) is 26.3 Å². The first kappa shape index (κ1) is 69.4. The lowest BCUT2D eigenvalue weighted by molar-refractivity contribution is -0.130. The molecule has 27 nitrogen and oxygen atoms in total. The van der Waals surface area contributed by atoms with Gasteiger partial charge < -0.3 is 45.1 Å². The summed E-state index contributed by atoms with van der Waals surface area (Å²) in [6.07, 6.45) is 16.9. The third-order valence-corrected chi connectivity index (χ3v) is 16.6. The van der Waals surface area contributed by atoms with Gasteiger partial charge in [0, 0.05) is 127 Å². The van der Waals surface area contributed by atoms with E-state index in [1.54, 1.807) is 0 Å². The van der Waals surface area contributed by atoms with Gasteiger partial charge in [0.15, 0.2) is 34.5 Å². The number of aryl methyl sites for hydroxylation is 3.